The van der Waals surface area contributed by atoms with Crippen molar-refractivity contribution in [2.45, 2.75) is 314 Å². The van der Waals surface area contributed by atoms with Gasteiger partial charge in [0.05, 0.1) is 25.4 Å². The Morgan fingerprint density at radius 3 is 1.16 bits per heavy atom. The Kier molecular flexibility index (Phi) is 54.3. The van der Waals surface area contributed by atoms with Gasteiger partial charge in [0, 0.05) is 6.42 Å². The number of ether oxygens (including phenoxy) is 2. The van der Waals surface area contributed by atoms with E-state index in [-0.39, 0.29) is 12.5 Å². The summed E-state index contributed by atoms with van der Waals surface area (Å²) in [5.41, 5.74) is 0. The lowest BCUT2D eigenvalue weighted by Crippen LogP contribution is -2.60. The van der Waals surface area contributed by atoms with Gasteiger partial charge in [-0.15, -0.1) is 0 Å². The summed E-state index contributed by atoms with van der Waals surface area (Å²) in [7, 11) is 0. The van der Waals surface area contributed by atoms with Gasteiger partial charge in [0.15, 0.2) is 6.29 Å². The Bertz CT molecular complexity index is 1610. The lowest BCUT2D eigenvalue weighted by molar-refractivity contribution is -0.302. The van der Waals surface area contributed by atoms with E-state index in [4.69, 9.17) is 9.47 Å². The average molecular weight is 1100 g/mol. The van der Waals surface area contributed by atoms with E-state index < -0.39 is 49.5 Å². The summed E-state index contributed by atoms with van der Waals surface area (Å²) in [4.78, 5) is 13.1. The molecule has 1 heterocycles. The summed E-state index contributed by atoms with van der Waals surface area (Å²) >= 11 is 0. The van der Waals surface area contributed by atoms with Gasteiger partial charge < -0.3 is 40.3 Å². The van der Waals surface area contributed by atoms with Crippen LogP contribution in [0.15, 0.2) is 109 Å². The molecule has 0 aliphatic carbocycles. The molecule has 1 amide bonds. The van der Waals surface area contributed by atoms with Crippen molar-refractivity contribution in [2.24, 2.45) is 0 Å². The van der Waals surface area contributed by atoms with Gasteiger partial charge in [-0.05, 0) is 83.5 Å². The molecule has 1 saturated heterocycles. The number of allylic oxidation sites excluding steroid dienone is 18. The van der Waals surface area contributed by atoms with E-state index in [1.54, 1.807) is 0 Å². The summed E-state index contributed by atoms with van der Waals surface area (Å²) in [6.07, 6.45) is 78.4. The monoisotopic (exact) mass is 1100 g/mol. The predicted molar refractivity (Wildman–Crippen MR) is 336 cm³/mol. The molecule has 454 valence electrons. The normalized spacial score (nSPS) is 19.3. The van der Waals surface area contributed by atoms with Crippen LogP contribution in [-0.2, 0) is 14.3 Å². The van der Waals surface area contributed by atoms with Gasteiger partial charge in [0.2, 0.25) is 5.91 Å². The second-order valence-corrected chi connectivity index (χ2v) is 22.2. The van der Waals surface area contributed by atoms with Crippen molar-refractivity contribution in [1.29, 1.82) is 0 Å². The highest BCUT2D eigenvalue weighted by Gasteiger charge is 2.44. The quantitative estimate of drug-likeness (QED) is 0.0261. The van der Waals surface area contributed by atoms with Crippen molar-refractivity contribution in [1.82, 2.24) is 5.32 Å². The van der Waals surface area contributed by atoms with Gasteiger partial charge in [-0.3, -0.25) is 4.79 Å². The number of carbonyl (C=O) groups is 1. The Hall–Kier alpha value is -3.15. The fraction of sp³-hybridized carbons (Fsp3) is 0.729. The highest BCUT2D eigenvalue weighted by molar-refractivity contribution is 5.76. The minimum Gasteiger partial charge on any atom is -0.394 e. The first-order valence-corrected chi connectivity index (χ1v) is 32.6. The van der Waals surface area contributed by atoms with E-state index in [0.29, 0.717) is 12.8 Å². The number of unbranched alkanes of at least 4 members (excludes halogenated alkanes) is 27. The molecule has 79 heavy (non-hydrogen) atoms. The summed E-state index contributed by atoms with van der Waals surface area (Å²) in [6.45, 7) is 3.74. The molecule has 0 radical (unpaired) electrons. The molecular formula is C70H121NO8. The molecule has 0 saturated carbocycles. The van der Waals surface area contributed by atoms with Crippen LogP contribution < -0.4 is 5.32 Å². The van der Waals surface area contributed by atoms with Crippen LogP contribution in [0.4, 0.5) is 0 Å². The molecule has 0 spiro atoms. The Morgan fingerprint density at radius 1 is 0.443 bits per heavy atom. The van der Waals surface area contributed by atoms with Crippen molar-refractivity contribution in [2.75, 3.05) is 13.2 Å². The van der Waals surface area contributed by atoms with E-state index in [0.717, 1.165) is 103 Å². The molecule has 6 N–H and O–H groups in total. The Labute approximate surface area is 485 Å². The Balaban J connectivity index is 2.16. The molecule has 1 aliphatic rings. The van der Waals surface area contributed by atoms with Gasteiger partial charge >= 0.3 is 0 Å². The maximum absolute atomic E-state index is 13.1. The number of hydrogen-bond donors (Lipinski definition) is 6. The van der Waals surface area contributed by atoms with Gasteiger partial charge in [-0.2, -0.15) is 0 Å². The maximum Gasteiger partial charge on any atom is 0.220 e. The van der Waals surface area contributed by atoms with E-state index >= 15 is 0 Å². The van der Waals surface area contributed by atoms with Gasteiger partial charge in [-0.25, -0.2) is 0 Å². The van der Waals surface area contributed by atoms with Crippen LogP contribution in [0.2, 0.25) is 0 Å². The minimum absolute atomic E-state index is 0.145. The summed E-state index contributed by atoms with van der Waals surface area (Å²) in [5.74, 6) is -0.153. The van der Waals surface area contributed by atoms with Crippen molar-refractivity contribution in [3.8, 4) is 0 Å². The van der Waals surface area contributed by atoms with Crippen LogP contribution in [0.5, 0.6) is 0 Å². The number of amides is 1. The number of nitrogens with one attached hydrogen (secondary N) is 1. The number of hydrogen-bond acceptors (Lipinski definition) is 8. The molecule has 1 fully saturated rings. The van der Waals surface area contributed by atoms with Crippen LogP contribution in [0.1, 0.15) is 271 Å². The van der Waals surface area contributed by atoms with E-state index in [1.807, 2.05) is 0 Å². The largest absolute Gasteiger partial charge is 0.394 e. The van der Waals surface area contributed by atoms with Crippen molar-refractivity contribution in [3.63, 3.8) is 0 Å². The van der Waals surface area contributed by atoms with Crippen LogP contribution in [0.3, 0.4) is 0 Å². The third-order valence-electron chi connectivity index (χ3n) is 14.9. The number of aliphatic hydroxyl groups is 5. The lowest BCUT2D eigenvalue weighted by atomic mass is 9.99. The molecular weight excluding hydrogens is 983 g/mol. The van der Waals surface area contributed by atoms with Crippen LogP contribution in [-0.4, -0.2) is 87.5 Å². The molecule has 0 aromatic rings. The smallest absolute Gasteiger partial charge is 0.220 e. The second kappa shape index (κ2) is 58.1. The lowest BCUT2D eigenvalue weighted by Gasteiger charge is -2.40. The van der Waals surface area contributed by atoms with Crippen molar-refractivity contribution < 1.29 is 39.8 Å². The molecule has 9 nitrogen and oxygen atoms in total. The van der Waals surface area contributed by atoms with E-state index in [2.05, 4.69) is 129 Å². The molecule has 1 rings (SSSR count). The zero-order chi connectivity index (χ0) is 57.2. The second-order valence-electron chi connectivity index (χ2n) is 22.2. The number of rotatable bonds is 55. The molecule has 0 aromatic heterocycles. The standard InChI is InChI=1S/C70H121NO8/c1-3-5-7-9-11-13-15-17-19-21-23-24-25-26-27-28-29-30-31-32-33-34-35-36-37-38-39-40-42-44-46-48-50-52-54-56-58-60-66(74)71-63(62-78-70-69(77)68(76)67(75)65(61-72)79-70)64(73)59-57-55-53-51-49-47-45-43-41-22-20-18-16-14-12-10-8-6-4-2/h5,7,11,13,17,19,23-24,26-27,29-30,32-33,35-36,38-39,63-65,67-70,72-73,75-77H,3-4,6,8-10,12,14-16,18,20-22,25,28,31,34,37,40-62H2,1-2H3,(H,71,74)/b7-5-,13-11-,19-17-,24-23-,27-26-,30-29-,33-32-,36-35-,39-38-. The summed E-state index contributed by atoms with van der Waals surface area (Å²) in [5, 5.41) is 54.8. The Morgan fingerprint density at radius 2 is 0.785 bits per heavy atom. The molecule has 0 bridgehead atoms. The van der Waals surface area contributed by atoms with Gasteiger partial charge in [-0.1, -0.05) is 290 Å². The molecule has 1 aliphatic heterocycles. The predicted octanol–water partition coefficient (Wildman–Crippen LogP) is 17.3. The first-order valence-electron chi connectivity index (χ1n) is 32.6. The highest BCUT2D eigenvalue weighted by atomic mass is 16.7. The number of aliphatic hydroxyl groups excluding tert-OH is 5. The topological polar surface area (TPSA) is 149 Å². The molecule has 7 atom stereocenters. The molecule has 0 aromatic carbocycles. The van der Waals surface area contributed by atoms with Crippen LogP contribution >= 0.6 is 0 Å². The molecule has 9 heteroatoms. The van der Waals surface area contributed by atoms with E-state index in [1.165, 1.54) is 141 Å². The third kappa shape index (κ3) is 47.1. The third-order valence-corrected chi connectivity index (χ3v) is 14.9. The minimum atomic E-state index is -1.56. The fourth-order valence-electron chi connectivity index (χ4n) is 9.80. The fourth-order valence-corrected chi connectivity index (χ4v) is 9.80. The summed E-state index contributed by atoms with van der Waals surface area (Å²) in [6, 6.07) is -0.730. The van der Waals surface area contributed by atoms with Crippen LogP contribution in [0.25, 0.3) is 0 Å². The van der Waals surface area contributed by atoms with Gasteiger partial charge in [0.25, 0.3) is 0 Å². The average Bonchev–Trinajstić information content (AvgIpc) is 3.46. The summed E-state index contributed by atoms with van der Waals surface area (Å²) < 4.78 is 11.3. The van der Waals surface area contributed by atoms with Gasteiger partial charge in [0.1, 0.15) is 24.4 Å². The maximum atomic E-state index is 13.1. The first kappa shape index (κ1) is 73.9. The zero-order valence-electron chi connectivity index (χ0n) is 50.6. The van der Waals surface area contributed by atoms with E-state index in [9.17, 15) is 30.3 Å². The molecule has 7 unspecified atom stereocenters. The van der Waals surface area contributed by atoms with Crippen molar-refractivity contribution in [3.05, 3.63) is 109 Å². The SMILES string of the molecule is CC/C=C\C/C=C\C/C=C\C/C=C\C/C=C\C/C=C\C/C=C\C/C=C\C/C=C\CCCCCCCCCCCC(=O)NC(COC1OC(CO)C(O)C(O)C1O)C(O)CCCCCCCCCCCCCCCCCCCCC. The van der Waals surface area contributed by atoms with Crippen molar-refractivity contribution >= 4 is 5.91 Å². The first-order chi connectivity index (χ1) is 38.8. The zero-order valence-corrected chi connectivity index (χ0v) is 50.6. The number of carbonyl (C=O) groups excluding carboxylic acids is 1. The van der Waals surface area contributed by atoms with Crippen LogP contribution in [0, 0.1) is 0 Å². The highest BCUT2D eigenvalue weighted by Crippen LogP contribution is 2.23.